The molecule has 1 aromatic rings. The van der Waals surface area contributed by atoms with Gasteiger partial charge in [-0.1, -0.05) is 48.5 Å². The van der Waals surface area contributed by atoms with E-state index in [0.29, 0.717) is 23.3 Å². The summed E-state index contributed by atoms with van der Waals surface area (Å²) in [6, 6.07) is 3.77. The number of rotatable bonds is 5. The third-order valence-electron chi connectivity index (χ3n) is 4.72. The minimum Gasteiger partial charge on any atom is -0.493 e. The fraction of sp³-hybridized carbons (Fsp3) is 0.647. The van der Waals surface area contributed by atoms with Crippen LogP contribution < -0.4 is 9.47 Å². The van der Waals surface area contributed by atoms with E-state index in [1.165, 1.54) is 19.3 Å². The van der Waals surface area contributed by atoms with Crippen LogP contribution in [0.15, 0.2) is 16.6 Å². The zero-order chi connectivity index (χ0) is 15.4. The van der Waals surface area contributed by atoms with Gasteiger partial charge >= 0.3 is 0 Å². The normalized spacial score (nSPS) is 23.7. The highest BCUT2D eigenvalue weighted by Gasteiger charge is 2.32. The van der Waals surface area contributed by atoms with E-state index in [1.807, 2.05) is 12.1 Å². The fourth-order valence-electron chi connectivity index (χ4n) is 3.49. The lowest BCUT2D eigenvalue weighted by molar-refractivity contribution is 0.0445. The Labute approximate surface area is 135 Å². The molecule has 0 bridgehead atoms. The van der Waals surface area contributed by atoms with E-state index in [4.69, 9.17) is 9.47 Å². The van der Waals surface area contributed by atoms with Gasteiger partial charge in [-0.15, -0.1) is 0 Å². The second kappa shape index (κ2) is 7.50. The highest BCUT2D eigenvalue weighted by molar-refractivity contribution is 9.10. The van der Waals surface area contributed by atoms with Gasteiger partial charge in [0.1, 0.15) is 0 Å². The van der Waals surface area contributed by atoms with Crippen molar-refractivity contribution < 1.29 is 14.6 Å². The lowest BCUT2D eigenvalue weighted by Crippen LogP contribution is -2.25. The summed E-state index contributed by atoms with van der Waals surface area (Å²) in [4.78, 5) is 0. The topological polar surface area (TPSA) is 38.7 Å². The zero-order valence-corrected chi connectivity index (χ0v) is 14.6. The monoisotopic (exact) mass is 356 g/mol. The first-order valence-electron chi connectivity index (χ1n) is 7.71. The van der Waals surface area contributed by atoms with Gasteiger partial charge in [0.25, 0.3) is 0 Å². The minimum absolute atomic E-state index is 0.332. The molecular formula is C17H25BrO3. The van der Waals surface area contributed by atoms with Gasteiger partial charge in [-0.25, -0.2) is 0 Å². The SMILES string of the molecule is CCC1CCCCC1C(O)c1cc(OC)c(OC)cc1Br. The minimum atomic E-state index is -0.454. The summed E-state index contributed by atoms with van der Waals surface area (Å²) < 4.78 is 11.6. The molecule has 4 heteroatoms. The zero-order valence-electron chi connectivity index (χ0n) is 13.1. The van der Waals surface area contributed by atoms with Crippen molar-refractivity contribution in [2.45, 2.75) is 45.1 Å². The Morgan fingerprint density at radius 1 is 1.19 bits per heavy atom. The number of benzene rings is 1. The van der Waals surface area contributed by atoms with Crippen LogP contribution in [0.5, 0.6) is 11.5 Å². The van der Waals surface area contributed by atoms with E-state index in [2.05, 4.69) is 22.9 Å². The summed E-state index contributed by atoms with van der Waals surface area (Å²) in [7, 11) is 3.24. The maximum absolute atomic E-state index is 10.9. The van der Waals surface area contributed by atoms with Crippen molar-refractivity contribution in [2.24, 2.45) is 11.8 Å². The molecule has 1 aliphatic rings. The van der Waals surface area contributed by atoms with Crippen molar-refractivity contribution in [1.29, 1.82) is 0 Å². The predicted octanol–water partition coefficient (Wildman–Crippen LogP) is 4.72. The van der Waals surface area contributed by atoms with Gasteiger partial charge in [-0.3, -0.25) is 0 Å². The Balaban J connectivity index is 2.31. The van der Waals surface area contributed by atoms with Gasteiger partial charge < -0.3 is 14.6 Å². The molecule has 21 heavy (non-hydrogen) atoms. The summed E-state index contributed by atoms with van der Waals surface area (Å²) >= 11 is 3.56. The third kappa shape index (κ3) is 3.54. The first kappa shape index (κ1) is 16.6. The molecule has 1 fully saturated rings. The highest BCUT2D eigenvalue weighted by atomic mass is 79.9. The Morgan fingerprint density at radius 2 is 1.81 bits per heavy atom. The number of methoxy groups -OCH3 is 2. The van der Waals surface area contributed by atoms with Gasteiger partial charge in [0, 0.05) is 4.47 Å². The average Bonchev–Trinajstić information content (AvgIpc) is 2.53. The molecule has 0 aliphatic heterocycles. The molecule has 0 aromatic heterocycles. The van der Waals surface area contributed by atoms with E-state index in [1.54, 1.807) is 14.2 Å². The molecular weight excluding hydrogens is 332 g/mol. The lowest BCUT2D eigenvalue weighted by atomic mass is 9.73. The summed E-state index contributed by atoms with van der Waals surface area (Å²) in [6.07, 6.45) is 5.50. The van der Waals surface area contributed by atoms with Crippen LogP contribution in [0.1, 0.15) is 50.7 Å². The molecule has 0 spiro atoms. The van der Waals surface area contributed by atoms with Crippen LogP contribution in [0.4, 0.5) is 0 Å². The largest absolute Gasteiger partial charge is 0.493 e. The number of hydrogen-bond donors (Lipinski definition) is 1. The molecule has 3 atom stereocenters. The summed E-state index contributed by atoms with van der Waals surface area (Å²) in [5.41, 5.74) is 0.901. The van der Waals surface area contributed by atoms with E-state index < -0.39 is 6.10 Å². The molecule has 3 nitrogen and oxygen atoms in total. The van der Waals surface area contributed by atoms with Gasteiger partial charge in [0.2, 0.25) is 0 Å². The van der Waals surface area contributed by atoms with Crippen LogP contribution in [0.25, 0.3) is 0 Å². The quantitative estimate of drug-likeness (QED) is 0.829. The summed E-state index contributed by atoms with van der Waals surface area (Å²) in [5.74, 6) is 2.28. The van der Waals surface area contributed by atoms with Crippen LogP contribution in [-0.2, 0) is 0 Å². The molecule has 0 radical (unpaired) electrons. The number of aliphatic hydroxyl groups excluding tert-OH is 1. The second-order valence-corrected chi connectivity index (χ2v) is 6.64. The number of ether oxygens (including phenoxy) is 2. The molecule has 0 saturated heterocycles. The molecule has 1 saturated carbocycles. The van der Waals surface area contributed by atoms with E-state index in [0.717, 1.165) is 22.9 Å². The van der Waals surface area contributed by atoms with Gasteiger partial charge in [-0.2, -0.15) is 0 Å². The smallest absolute Gasteiger partial charge is 0.161 e. The first-order chi connectivity index (χ1) is 10.1. The maximum Gasteiger partial charge on any atom is 0.161 e. The Hall–Kier alpha value is -0.740. The number of halogens is 1. The van der Waals surface area contributed by atoms with Crippen molar-refractivity contribution in [1.82, 2.24) is 0 Å². The number of hydrogen-bond acceptors (Lipinski definition) is 3. The Morgan fingerprint density at radius 3 is 2.43 bits per heavy atom. The molecule has 0 amide bonds. The maximum atomic E-state index is 10.9. The number of aliphatic hydroxyl groups is 1. The van der Waals surface area contributed by atoms with E-state index >= 15 is 0 Å². The molecule has 2 rings (SSSR count). The van der Waals surface area contributed by atoms with Crippen LogP contribution in [0.2, 0.25) is 0 Å². The van der Waals surface area contributed by atoms with E-state index in [9.17, 15) is 5.11 Å². The highest BCUT2D eigenvalue weighted by Crippen LogP contribution is 2.44. The first-order valence-corrected chi connectivity index (χ1v) is 8.51. The third-order valence-corrected chi connectivity index (χ3v) is 5.41. The van der Waals surface area contributed by atoms with Gasteiger partial charge in [0.15, 0.2) is 11.5 Å². The summed E-state index contributed by atoms with van der Waals surface area (Å²) in [6.45, 7) is 2.22. The molecule has 1 aliphatic carbocycles. The molecule has 118 valence electrons. The van der Waals surface area contributed by atoms with E-state index in [-0.39, 0.29) is 0 Å². The van der Waals surface area contributed by atoms with Crippen molar-refractivity contribution in [2.75, 3.05) is 14.2 Å². The van der Waals surface area contributed by atoms with Crippen molar-refractivity contribution >= 4 is 15.9 Å². The van der Waals surface area contributed by atoms with Crippen LogP contribution >= 0.6 is 15.9 Å². The lowest BCUT2D eigenvalue weighted by Gasteiger charge is -2.35. The Bertz CT molecular complexity index is 475. The van der Waals surface area contributed by atoms with Crippen LogP contribution in [-0.4, -0.2) is 19.3 Å². The molecule has 1 N–H and O–H groups in total. The fourth-order valence-corrected chi connectivity index (χ4v) is 4.04. The van der Waals surface area contributed by atoms with Gasteiger partial charge in [0.05, 0.1) is 20.3 Å². The van der Waals surface area contributed by atoms with Crippen LogP contribution in [0.3, 0.4) is 0 Å². The van der Waals surface area contributed by atoms with Crippen molar-refractivity contribution in [3.05, 3.63) is 22.2 Å². The van der Waals surface area contributed by atoms with Gasteiger partial charge in [-0.05, 0) is 36.0 Å². The average molecular weight is 357 g/mol. The second-order valence-electron chi connectivity index (χ2n) is 5.79. The molecule has 1 aromatic carbocycles. The van der Waals surface area contributed by atoms with Crippen molar-refractivity contribution in [3.63, 3.8) is 0 Å². The standard InChI is InChI=1S/C17H25BrO3/c1-4-11-7-5-6-8-12(11)17(19)13-9-15(20-2)16(21-3)10-14(13)18/h9-12,17,19H,4-8H2,1-3H3. The Kier molecular flexibility index (Phi) is 5.94. The van der Waals surface area contributed by atoms with Crippen LogP contribution in [0, 0.1) is 11.8 Å². The predicted molar refractivity (Wildman–Crippen MR) is 87.9 cm³/mol. The molecule has 3 unspecified atom stereocenters. The van der Waals surface area contributed by atoms with Crippen molar-refractivity contribution in [3.8, 4) is 11.5 Å². The summed E-state index contributed by atoms with van der Waals surface area (Å²) in [5, 5.41) is 10.9. The molecule has 0 heterocycles.